The zero-order valence-corrected chi connectivity index (χ0v) is 13.3. The van der Waals surface area contributed by atoms with Crippen LogP contribution < -0.4 is 9.64 Å². The number of rotatable bonds is 5. The van der Waals surface area contributed by atoms with E-state index in [0.717, 1.165) is 23.2 Å². The lowest BCUT2D eigenvalue weighted by atomic mass is 10.2. The van der Waals surface area contributed by atoms with E-state index >= 15 is 0 Å². The highest BCUT2D eigenvalue weighted by Gasteiger charge is 2.20. The first-order valence-electron chi connectivity index (χ1n) is 7.11. The molecule has 1 atom stereocenters. The number of para-hydroxylation sites is 1. The number of aliphatic hydroxyl groups is 1. The average molecular weight is 348 g/mol. The largest absolute Gasteiger partial charge is 0.491 e. The maximum absolute atomic E-state index is 10.2. The van der Waals surface area contributed by atoms with Crippen molar-refractivity contribution in [3.63, 3.8) is 0 Å². The monoisotopic (exact) mass is 347 g/mol. The number of fused-ring (bicyclic) bond motifs is 1. The van der Waals surface area contributed by atoms with Gasteiger partial charge in [-0.1, -0.05) is 34.1 Å². The van der Waals surface area contributed by atoms with Gasteiger partial charge in [0.1, 0.15) is 18.5 Å². The minimum absolute atomic E-state index is 0.306. The smallest absolute Gasteiger partial charge is 0.119 e. The van der Waals surface area contributed by atoms with Crippen molar-refractivity contribution in [2.45, 2.75) is 12.5 Å². The zero-order chi connectivity index (χ0) is 14.7. The standard InChI is InChI=1S/C17H18BrNO2/c18-14-5-7-16(8-6-14)21-12-15(20)11-19-10-9-13-3-1-2-4-17(13)19/h1-8,15,20H,9-12H2. The highest BCUT2D eigenvalue weighted by atomic mass is 79.9. The second-order valence-electron chi connectivity index (χ2n) is 5.24. The number of ether oxygens (including phenoxy) is 1. The number of halogens is 1. The van der Waals surface area contributed by atoms with E-state index in [-0.39, 0.29) is 0 Å². The number of aliphatic hydroxyl groups excluding tert-OH is 1. The van der Waals surface area contributed by atoms with Crippen molar-refractivity contribution in [3.8, 4) is 5.75 Å². The molecule has 0 radical (unpaired) electrons. The van der Waals surface area contributed by atoms with Gasteiger partial charge in [-0.15, -0.1) is 0 Å². The number of anilines is 1. The van der Waals surface area contributed by atoms with E-state index in [1.54, 1.807) is 0 Å². The first kappa shape index (κ1) is 14.4. The Bertz CT molecular complexity index is 600. The molecule has 4 heteroatoms. The normalized spacial score (nSPS) is 14.9. The van der Waals surface area contributed by atoms with Crippen molar-refractivity contribution < 1.29 is 9.84 Å². The maximum Gasteiger partial charge on any atom is 0.119 e. The first-order chi connectivity index (χ1) is 10.2. The topological polar surface area (TPSA) is 32.7 Å². The fourth-order valence-corrected chi connectivity index (χ4v) is 2.89. The molecule has 0 fully saturated rings. The molecule has 3 rings (SSSR count). The van der Waals surface area contributed by atoms with Crippen molar-refractivity contribution in [1.29, 1.82) is 0 Å². The quantitative estimate of drug-likeness (QED) is 0.900. The highest BCUT2D eigenvalue weighted by Crippen LogP contribution is 2.27. The van der Waals surface area contributed by atoms with Crippen LogP contribution in [0.15, 0.2) is 53.0 Å². The van der Waals surface area contributed by atoms with Crippen molar-refractivity contribution in [2.75, 3.05) is 24.6 Å². The summed E-state index contributed by atoms with van der Waals surface area (Å²) in [5, 5.41) is 10.2. The number of nitrogens with zero attached hydrogens (tertiary/aromatic N) is 1. The molecule has 0 spiro atoms. The molecule has 0 aliphatic carbocycles. The number of benzene rings is 2. The Hall–Kier alpha value is -1.52. The van der Waals surface area contributed by atoms with E-state index in [0.29, 0.717) is 13.2 Å². The van der Waals surface area contributed by atoms with Gasteiger partial charge in [-0.05, 0) is 42.3 Å². The van der Waals surface area contributed by atoms with Crippen LogP contribution in [0.25, 0.3) is 0 Å². The summed E-state index contributed by atoms with van der Waals surface area (Å²) in [4.78, 5) is 2.23. The van der Waals surface area contributed by atoms with E-state index in [1.165, 1.54) is 11.3 Å². The van der Waals surface area contributed by atoms with Gasteiger partial charge in [0.15, 0.2) is 0 Å². The van der Waals surface area contributed by atoms with Gasteiger partial charge in [0.05, 0.1) is 0 Å². The van der Waals surface area contributed by atoms with Crippen LogP contribution in [0.3, 0.4) is 0 Å². The molecule has 1 unspecified atom stereocenters. The lowest BCUT2D eigenvalue weighted by molar-refractivity contribution is 0.112. The number of β-amino-alcohol motifs (C(OH)–C–C–N with tert-alkyl or cyclic N) is 1. The molecular formula is C17H18BrNO2. The van der Waals surface area contributed by atoms with Crippen LogP contribution in [0.2, 0.25) is 0 Å². The summed E-state index contributed by atoms with van der Waals surface area (Å²) in [5.74, 6) is 0.777. The molecule has 21 heavy (non-hydrogen) atoms. The third kappa shape index (κ3) is 3.57. The molecule has 1 aliphatic heterocycles. The van der Waals surface area contributed by atoms with Crippen molar-refractivity contribution >= 4 is 21.6 Å². The Kier molecular flexibility index (Phi) is 4.46. The van der Waals surface area contributed by atoms with Gasteiger partial charge in [0.2, 0.25) is 0 Å². The minimum atomic E-state index is -0.500. The zero-order valence-electron chi connectivity index (χ0n) is 11.7. The van der Waals surface area contributed by atoms with Crippen LogP contribution in [0, 0.1) is 0 Å². The predicted octanol–water partition coefficient (Wildman–Crippen LogP) is 3.25. The molecule has 0 amide bonds. The molecule has 0 aromatic heterocycles. The van der Waals surface area contributed by atoms with Crippen LogP contribution in [0.4, 0.5) is 5.69 Å². The highest BCUT2D eigenvalue weighted by molar-refractivity contribution is 9.10. The van der Waals surface area contributed by atoms with Gasteiger partial charge in [-0.2, -0.15) is 0 Å². The summed E-state index contributed by atoms with van der Waals surface area (Å²) in [5.41, 5.74) is 2.60. The van der Waals surface area contributed by atoms with Gasteiger partial charge in [-0.3, -0.25) is 0 Å². The second kappa shape index (κ2) is 6.50. The van der Waals surface area contributed by atoms with E-state index < -0.39 is 6.10 Å². The second-order valence-corrected chi connectivity index (χ2v) is 6.16. The number of hydrogen-bond acceptors (Lipinski definition) is 3. The molecule has 1 N–H and O–H groups in total. The molecule has 2 aromatic carbocycles. The fraction of sp³-hybridized carbons (Fsp3) is 0.294. The summed E-state index contributed by atoms with van der Waals surface area (Å²) < 4.78 is 6.64. The van der Waals surface area contributed by atoms with Gasteiger partial charge >= 0.3 is 0 Å². The summed E-state index contributed by atoms with van der Waals surface area (Å²) >= 11 is 3.39. The maximum atomic E-state index is 10.2. The minimum Gasteiger partial charge on any atom is -0.491 e. The molecule has 1 aliphatic rings. The average Bonchev–Trinajstić information content (AvgIpc) is 2.90. The van der Waals surface area contributed by atoms with Gasteiger partial charge in [-0.25, -0.2) is 0 Å². The summed E-state index contributed by atoms with van der Waals surface area (Å²) in [6.07, 6.45) is 0.552. The Morgan fingerprint density at radius 1 is 1.14 bits per heavy atom. The van der Waals surface area contributed by atoms with E-state index in [4.69, 9.17) is 4.74 Å². The predicted molar refractivity (Wildman–Crippen MR) is 88.0 cm³/mol. The van der Waals surface area contributed by atoms with E-state index in [2.05, 4.69) is 39.0 Å². The molecule has 0 bridgehead atoms. The molecule has 2 aromatic rings. The lowest BCUT2D eigenvalue weighted by Gasteiger charge is -2.23. The van der Waals surface area contributed by atoms with Crippen molar-refractivity contribution in [3.05, 3.63) is 58.6 Å². The van der Waals surface area contributed by atoms with Gasteiger partial charge in [0.25, 0.3) is 0 Å². The van der Waals surface area contributed by atoms with Crippen LogP contribution >= 0.6 is 15.9 Å². The van der Waals surface area contributed by atoms with Gasteiger partial charge < -0.3 is 14.7 Å². The first-order valence-corrected chi connectivity index (χ1v) is 7.91. The molecule has 110 valence electrons. The van der Waals surface area contributed by atoms with Gasteiger partial charge in [0, 0.05) is 23.2 Å². The third-order valence-electron chi connectivity index (χ3n) is 3.67. The molecule has 0 saturated carbocycles. The Morgan fingerprint density at radius 3 is 2.71 bits per heavy atom. The third-order valence-corrected chi connectivity index (χ3v) is 4.20. The Labute approximate surface area is 133 Å². The van der Waals surface area contributed by atoms with Crippen LogP contribution in [0.1, 0.15) is 5.56 Å². The summed E-state index contributed by atoms with van der Waals surface area (Å²) in [6, 6.07) is 16.0. The molecule has 0 saturated heterocycles. The summed E-state index contributed by atoms with van der Waals surface area (Å²) in [6.45, 7) is 1.88. The van der Waals surface area contributed by atoms with E-state index in [9.17, 15) is 5.11 Å². The molecule has 3 nitrogen and oxygen atoms in total. The Morgan fingerprint density at radius 2 is 1.90 bits per heavy atom. The molecular weight excluding hydrogens is 330 g/mol. The van der Waals surface area contributed by atoms with Crippen LogP contribution in [-0.4, -0.2) is 30.9 Å². The van der Waals surface area contributed by atoms with E-state index in [1.807, 2.05) is 30.3 Å². The fourth-order valence-electron chi connectivity index (χ4n) is 2.63. The Balaban J connectivity index is 1.53. The van der Waals surface area contributed by atoms with Crippen molar-refractivity contribution in [1.82, 2.24) is 0 Å². The number of hydrogen-bond donors (Lipinski definition) is 1. The summed E-state index contributed by atoms with van der Waals surface area (Å²) in [7, 11) is 0. The lowest BCUT2D eigenvalue weighted by Crippen LogP contribution is -2.34. The van der Waals surface area contributed by atoms with Crippen LogP contribution in [-0.2, 0) is 6.42 Å². The van der Waals surface area contributed by atoms with Crippen molar-refractivity contribution in [2.24, 2.45) is 0 Å². The SMILES string of the molecule is OC(COc1ccc(Br)cc1)CN1CCc2ccccc21. The van der Waals surface area contributed by atoms with Crippen LogP contribution in [0.5, 0.6) is 5.75 Å². The molecule has 1 heterocycles.